The molecule has 1 saturated heterocycles. The van der Waals surface area contributed by atoms with Crippen molar-refractivity contribution in [3.8, 4) is 0 Å². The minimum atomic E-state index is -0.747. The lowest BCUT2D eigenvalue weighted by Crippen LogP contribution is -2.42. The van der Waals surface area contributed by atoms with E-state index in [9.17, 15) is 9.59 Å². The highest BCUT2D eigenvalue weighted by Crippen LogP contribution is 2.19. The minimum Gasteiger partial charge on any atom is -0.360 e. The zero-order valence-electron chi connectivity index (χ0n) is 13.9. The molecule has 0 radical (unpaired) electrons. The van der Waals surface area contributed by atoms with Crippen LogP contribution >= 0.6 is 0 Å². The zero-order chi connectivity index (χ0) is 17.6. The summed E-state index contributed by atoms with van der Waals surface area (Å²) in [6.07, 6.45) is 5.26. The predicted octanol–water partition coefficient (Wildman–Crippen LogP) is 0.744. The van der Waals surface area contributed by atoms with Crippen LogP contribution in [0.4, 0.5) is 11.8 Å². The second-order valence-corrected chi connectivity index (χ2v) is 5.97. The van der Waals surface area contributed by atoms with Gasteiger partial charge in [-0.15, -0.1) is 0 Å². The van der Waals surface area contributed by atoms with Crippen molar-refractivity contribution in [1.82, 2.24) is 20.4 Å². The molecule has 2 aromatic rings. The van der Waals surface area contributed by atoms with Crippen LogP contribution in [0, 0.1) is 12.8 Å². The van der Waals surface area contributed by atoms with E-state index in [2.05, 4.69) is 30.7 Å². The second kappa shape index (κ2) is 7.73. The molecule has 0 saturated carbocycles. The quantitative estimate of drug-likeness (QED) is 0.787. The summed E-state index contributed by atoms with van der Waals surface area (Å²) in [6, 6.07) is 3.34. The topological polar surface area (TPSA) is 113 Å². The van der Waals surface area contributed by atoms with E-state index in [-0.39, 0.29) is 5.82 Å². The van der Waals surface area contributed by atoms with Gasteiger partial charge in [0.05, 0.1) is 0 Å². The van der Waals surface area contributed by atoms with Gasteiger partial charge >= 0.3 is 11.8 Å². The standard InChI is InChI=1S/C16H20N6O3/c1-11-9-13(21-25-11)20-15(24)14(23)19-10-12-3-7-22(8-4-12)16-17-5-2-6-18-16/h2,5-6,9,12H,3-4,7-8,10H2,1H3,(H,19,23)(H,20,21,24). The summed E-state index contributed by atoms with van der Waals surface area (Å²) in [4.78, 5) is 34.3. The van der Waals surface area contributed by atoms with Gasteiger partial charge in [-0.25, -0.2) is 9.97 Å². The van der Waals surface area contributed by atoms with Crippen LogP contribution in [0.5, 0.6) is 0 Å². The molecule has 2 N–H and O–H groups in total. The molecule has 0 aliphatic carbocycles. The molecule has 9 heteroatoms. The number of hydrogen-bond donors (Lipinski definition) is 2. The third kappa shape index (κ3) is 4.52. The number of carbonyl (C=O) groups excluding carboxylic acids is 2. The van der Waals surface area contributed by atoms with Gasteiger partial charge < -0.3 is 14.7 Å². The van der Waals surface area contributed by atoms with Crippen molar-refractivity contribution in [3.05, 3.63) is 30.3 Å². The number of aryl methyl sites for hydroxylation is 1. The Morgan fingerprint density at radius 2 is 1.96 bits per heavy atom. The van der Waals surface area contributed by atoms with E-state index in [1.807, 2.05) is 0 Å². The summed E-state index contributed by atoms with van der Waals surface area (Å²) >= 11 is 0. The fourth-order valence-electron chi connectivity index (χ4n) is 2.71. The van der Waals surface area contributed by atoms with Crippen LogP contribution in [0.15, 0.2) is 29.0 Å². The van der Waals surface area contributed by atoms with E-state index < -0.39 is 11.8 Å². The Kier molecular flexibility index (Phi) is 5.22. The number of nitrogens with one attached hydrogen (secondary N) is 2. The first-order valence-corrected chi connectivity index (χ1v) is 8.16. The second-order valence-electron chi connectivity index (χ2n) is 5.97. The normalized spacial score (nSPS) is 15.0. The van der Waals surface area contributed by atoms with E-state index in [1.54, 1.807) is 31.5 Å². The first-order chi connectivity index (χ1) is 12.1. The Morgan fingerprint density at radius 1 is 1.24 bits per heavy atom. The number of rotatable bonds is 4. The first kappa shape index (κ1) is 16.9. The third-order valence-electron chi connectivity index (χ3n) is 4.08. The molecular weight excluding hydrogens is 324 g/mol. The molecule has 0 atom stereocenters. The predicted molar refractivity (Wildman–Crippen MR) is 89.8 cm³/mol. The van der Waals surface area contributed by atoms with Crippen LogP contribution in [0.2, 0.25) is 0 Å². The number of nitrogens with zero attached hydrogens (tertiary/aromatic N) is 4. The SMILES string of the molecule is Cc1cc(NC(=O)C(=O)NCC2CCN(c3ncccn3)CC2)no1. The zero-order valence-corrected chi connectivity index (χ0v) is 13.9. The lowest BCUT2D eigenvalue weighted by atomic mass is 9.97. The molecule has 1 aliphatic heterocycles. The maximum atomic E-state index is 11.9. The van der Waals surface area contributed by atoms with Gasteiger partial charge in [0.1, 0.15) is 5.76 Å². The molecule has 2 amide bonds. The Labute approximate surface area is 144 Å². The average molecular weight is 344 g/mol. The van der Waals surface area contributed by atoms with E-state index in [1.165, 1.54) is 0 Å². The van der Waals surface area contributed by atoms with Gasteiger partial charge in [0.2, 0.25) is 5.95 Å². The number of hydrogen-bond acceptors (Lipinski definition) is 7. The van der Waals surface area contributed by atoms with Crippen molar-refractivity contribution >= 4 is 23.6 Å². The molecule has 0 aromatic carbocycles. The van der Waals surface area contributed by atoms with E-state index in [0.29, 0.717) is 18.2 Å². The fourth-order valence-corrected chi connectivity index (χ4v) is 2.71. The number of carbonyl (C=O) groups is 2. The number of anilines is 2. The Morgan fingerprint density at radius 3 is 2.60 bits per heavy atom. The van der Waals surface area contributed by atoms with Gasteiger partial charge in [0.15, 0.2) is 5.82 Å². The largest absolute Gasteiger partial charge is 0.360 e. The van der Waals surface area contributed by atoms with Crippen LogP contribution < -0.4 is 15.5 Å². The Hall–Kier alpha value is -2.97. The van der Waals surface area contributed by atoms with Crippen molar-refractivity contribution in [2.24, 2.45) is 5.92 Å². The van der Waals surface area contributed by atoms with Crippen LogP contribution in [0.1, 0.15) is 18.6 Å². The lowest BCUT2D eigenvalue weighted by Gasteiger charge is -2.31. The molecule has 1 fully saturated rings. The molecule has 3 heterocycles. The highest BCUT2D eigenvalue weighted by Gasteiger charge is 2.22. The Balaban J connectivity index is 1.40. The summed E-state index contributed by atoms with van der Waals surface area (Å²) in [7, 11) is 0. The van der Waals surface area contributed by atoms with Crippen molar-refractivity contribution in [3.63, 3.8) is 0 Å². The summed E-state index contributed by atoms with van der Waals surface area (Å²) in [5, 5.41) is 8.69. The molecule has 132 valence electrons. The van der Waals surface area contributed by atoms with Gasteiger partial charge in [0.25, 0.3) is 0 Å². The van der Waals surface area contributed by atoms with Crippen molar-refractivity contribution in [2.75, 3.05) is 29.9 Å². The van der Waals surface area contributed by atoms with Crippen LogP contribution in [0.3, 0.4) is 0 Å². The molecule has 9 nitrogen and oxygen atoms in total. The van der Waals surface area contributed by atoms with Crippen LogP contribution in [-0.2, 0) is 9.59 Å². The van der Waals surface area contributed by atoms with Crippen molar-refractivity contribution < 1.29 is 14.1 Å². The maximum absolute atomic E-state index is 11.9. The first-order valence-electron chi connectivity index (χ1n) is 8.16. The van der Waals surface area contributed by atoms with Gasteiger partial charge in [-0.1, -0.05) is 5.16 Å². The van der Waals surface area contributed by atoms with Gasteiger partial charge in [0, 0.05) is 38.1 Å². The van der Waals surface area contributed by atoms with Gasteiger partial charge in [-0.2, -0.15) is 0 Å². The molecular formula is C16H20N6O3. The average Bonchev–Trinajstić information content (AvgIpc) is 3.05. The molecule has 3 rings (SSSR count). The van der Waals surface area contributed by atoms with E-state index in [0.717, 1.165) is 31.9 Å². The van der Waals surface area contributed by atoms with E-state index >= 15 is 0 Å². The number of aromatic nitrogens is 3. The van der Waals surface area contributed by atoms with Gasteiger partial charge in [-0.3, -0.25) is 14.9 Å². The number of piperidine rings is 1. The van der Waals surface area contributed by atoms with Crippen molar-refractivity contribution in [2.45, 2.75) is 19.8 Å². The minimum absolute atomic E-state index is 0.230. The van der Waals surface area contributed by atoms with E-state index in [4.69, 9.17) is 4.52 Å². The maximum Gasteiger partial charge on any atom is 0.314 e. The number of amides is 2. The highest BCUT2D eigenvalue weighted by atomic mass is 16.5. The molecule has 25 heavy (non-hydrogen) atoms. The molecule has 0 spiro atoms. The highest BCUT2D eigenvalue weighted by molar-refractivity contribution is 6.39. The lowest BCUT2D eigenvalue weighted by molar-refractivity contribution is -0.136. The molecule has 1 aliphatic rings. The molecule has 0 bridgehead atoms. The summed E-state index contributed by atoms with van der Waals surface area (Å²) in [5.41, 5.74) is 0. The summed E-state index contributed by atoms with van der Waals surface area (Å²) < 4.78 is 4.84. The Bertz CT molecular complexity index is 724. The fraction of sp³-hybridized carbons (Fsp3) is 0.438. The third-order valence-corrected chi connectivity index (χ3v) is 4.08. The molecule has 0 unspecified atom stereocenters. The smallest absolute Gasteiger partial charge is 0.314 e. The summed E-state index contributed by atoms with van der Waals surface area (Å²) in [6.45, 7) is 3.83. The van der Waals surface area contributed by atoms with Crippen LogP contribution in [0.25, 0.3) is 0 Å². The monoisotopic (exact) mass is 344 g/mol. The van der Waals surface area contributed by atoms with Crippen molar-refractivity contribution in [1.29, 1.82) is 0 Å². The van der Waals surface area contributed by atoms with Crippen LogP contribution in [-0.4, -0.2) is 46.6 Å². The van der Waals surface area contributed by atoms with Gasteiger partial charge in [-0.05, 0) is 31.7 Å². The summed E-state index contributed by atoms with van der Waals surface area (Å²) in [5.74, 6) is 0.426. The molecule has 2 aromatic heterocycles.